The van der Waals surface area contributed by atoms with Crippen LogP contribution in [0.3, 0.4) is 0 Å². The lowest BCUT2D eigenvalue weighted by Crippen LogP contribution is -2.37. The maximum absolute atomic E-state index is 13.9. The molecule has 0 bridgehead atoms. The Morgan fingerprint density at radius 3 is 1.75 bits per heavy atom. The number of hydrogen-bond acceptors (Lipinski definition) is 15. The van der Waals surface area contributed by atoms with Crippen molar-refractivity contribution in [2.75, 3.05) is 75.6 Å². The maximum Gasteiger partial charge on any atom is 0.309 e. The largest absolute Gasteiger partial charge is 0.463 e. The van der Waals surface area contributed by atoms with Crippen molar-refractivity contribution in [3.05, 3.63) is 122 Å². The van der Waals surface area contributed by atoms with Gasteiger partial charge in [0.05, 0.1) is 82.1 Å². The molecule has 6 heterocycles. The molecule has 3 aromatic heterocycles. The molecule has 0 N–H and O–H groups in total. The number of piperidine rings is 2. The lowest BCUT2D eigenvalue weighted by Gasteiger charge is -2.32. The van der Waals surface area contributed by atoms with Crippen LogP contribution in [0, 0.1) is 34.5 Å². The second-order valence-electron chi connectivity index (χ2n) is 17.0. The summed E-state index contributed by atoms with van der Waals surface area (Å²) in [5.41, 5.74) is 3.76. The van der Waals surface area contributed by atoms with Gasteiger partial charge in [-0.1, -0.05) is 30.3 Å². The van der Waals surface area contributed by atoms with E-state index in [-0.39, 0.29) is 97.4 Å². The number of para-hydroxylation sites is 2. The van der Waals surface area contributed by atoms with Crippen LogP contribution < -0.4 is 26.1 Å². The number of carbonyl (C=O) groups excluding carboxylic acids is 3. The molecule has 0 unspecified atom stereocenters. The predicted molar refractivity (Wildman–Crippen MR) is 251 cm³/mol. The molecular formula is C51H44N8O9. The number of hydrogen-bond donors (Lipinski definition) is 0. The van der Waals surface area contributed by atoms with Gasteiger partial charge in [-0.05, 0) is 80.3 Å². The number of benzene rings is 4. The van der Waals surface area contributed by atoms with Crippen molar-refractivity contribution in [1.29, 1.82) is 10.5 Å². The topological polar surface area (TPSA) is 211 Å². The van der Waals surface area contributed by atoms with Gasteiger partial charge < -0.3 is 28.7 Å². The van der Waals surface area contributed by atoms with E-state index in [1.165, 1.54) is 8.97 Å². The monoisotopic (exact) mass is 912 g/mol. The lowest BCUT2D eigenvalue weighted by molar-refractivity contribution is -0.152. The number of carbonyl (C=O) groups is 3. The number of esters is 2. The number of nitriles is 2. The van der Waals surface area contributed by atoms with Crippen LogP contribution in [0.15, 0.2) is 94.5 Å². The molecular weight excluding hydrogens is 869 g/mol. The van der Waals surface area contributed by atoms with E-state index in [0.29, 0.717) is 101 Å². The van der Waals surface area contributed by atoms with E-state index in [0.717, 1.165) is 11.4 Å². The van der Waals surface area contributed by atoms with E-state index in [9.17, 15) is 34.5 Å². The Balaban J connectivity index is 0.615. The third-order valence-electron chi connectivity index (χ3n) is 13.1. The molecule has 4 aromatic carbocycles. The van der Waals surface area contributed by atoms with Gasteiger partial charge in [0.1, 0.15) is 30.9 Å². The molecule has 342 valence electrons. The average molecular weight is 913 g/mol. The first-order valence-corrected chi connectivity index (χ1v) is 22.6. The highest BCUT2D eigenvalue weighted by atomic mass is 16.6. The SMILES string of the molecule is N#CC(C#N)=c1c2ccccc2n2c(=O)c3cc(N4CCC(C(=O)OCCOCCOCCOC(=O)C5CCN(c6ccc7nc8n(c(=O)c7c6)-c6ccccc6C8=O)CC5)CC4)ccc3nc12. The number of ketones is 1. The van der Waals surface area contributed by atoms with Gasteiger partial charge in [0.2, 0.25) is 5.78 Å². The zero-order chi connectivity index (χ0) is 46.9. The molecule has 68 heavy (non-hydrogen) atoms. The van der Waals surface area contributed by atoms with Crippen molar-refractivity contribution in [1.82, 2.24) is 18.9 Å². The molecule has 3 aliphatic rings. The van der Waals surface area contributed by atoms with Gasteiger partial charge in [0, 0.05) is 42.9 Å². The summed E-state index contributed by atoms with van der Waals surface area (Å²) in [4.78, 5) is 79.6. The number of rotatable bonds is 13. The van der Waals surface area contributed by atoms with E-state index in [2.05, 4.69) is 14.8 Å². The minimum Gasteiger partial charge on any atom is -0.463 e. The molecule has 0 atom stereocenters. The highest BCUT2D eigenvalue weighted by molar-refractivity contribution is 6.13. The third kappa shape index (κ3) is 8.05. The van der Waals surface area contributed by atoms with Crippen LogP contribution in [0.2, 0.25) is 0 Å². The Kier molecular flexibility index (Phi) is 12.1. The first kappa shape index (κ1) is 43.9. The van der Waals surface area contributed by atoms with Gasteiger partial charge in [-0.25, -0.2) is 9.97 Å². The summed E-state index contributed by atoms with van der Waals surface area (Å²) in [6.07, 6.45) is 2.37. The summed E-state index contributed by atoms with van der Waals surface area (Å²) in [6.45, 7) is 3.65. The first-order chi connectivity index (χ1) is 33.2. The Morgan fingerprint density at radius 1 is 0.618 bits per heavy atom. The Bertz CT molecular complexity index is 3430. The molecule has 17 nitrogen and oxygen atoms in total. The number of ether oxygens (including phenoxy) is 4. The molecule has 0 amide bonds. The van der Waals surface area contributed by atoms with Crippen LogP contribution in [0.5, 0.6) is 0 Å². The second kappa shape index (κ2) is 18.7. The van der Waals surface area contributed by atoms with Crippen molar-refractivity contribution in [3.63, 3.8) is 0 Å². The number of fused-ring (bicyclic) bond motifs is 8. The standard InChI is InChI=1S/C51H44N8O9/c52-29-33(30-53)44-36-5-1-3-7-42(36)58-46(44)54-40-11-9-34(27-38(40)48(58)61)56-17-13-31(14-18-56)50(63)67-25-23-65-21-22-66-24-26-68-51(64)32-15-19-57(20-16-32)35-10-12-41-39(28-35)49(62)59-43-8-4-2-6-37(43)45(60)47(59)55-41/h1-12,27-28,31-32H,13-26H2. The fraction of sp³-hybridized carbons (Fsp3) is 0.314. The van der Waals surface area contributed by atoms with Crippen LogP contribution in [0.1, 0.15) is 41.9 Å². The van der Waals surface area contributed by atoms with Crippen molar-refractivity contribution in [3.8, 4) is 17.8 Å². The molecule has 0 aliphatic carbocycles. The summed E-state index contributed by atoms with van der Waals surface area (Å²) in [7, 11) is 0. The van der Waals surface area contributed by atoms with Crippen molar-refractivity contribution < 1.29 is 33.3 Å². The zero-order valence-electron chi connectivity index (χ0n) is 36.9. The van der Waals surface area contributed by atoms with Crippen LogP contribution in [-0.2, 0) is 28.5 Å². The van der Waals surface area contributed by atoms with E-state index >= 15 is 0 Å². The van der Waals surface area contributed by atoms with Crippen molar-refractivity contribution in [2.24, 2.45) is 11.8 Å². The number of aromatic nitrogens is 4. The summed E-state index contributed by atoms with van der Waals surface area (Å²) in [5.74, 6) is -1.19. The van der Waals surface area contributed by atoms with Crippen molar-refractivity contribution in [2.45, 2.75) is 25.7 Å². The lowest BCUT2D eigenvalue weighted by atomic mass is 9.96. The van der Waals surface area contributed by atoms with Gasteiger partial charge in [-0.3, -0.25) is 32.9 Å². The Hall–Kier alpha value is -7.99. The normalized spacial score (nSPS) is 15.1. The molecule has 10 rings (SSSR count). The highest BCUT2D eigenvalue weighted by Crippen LogP contribution is 2.30. The van der Waals surface area contributed by atoms with Gasteiger partial charge in [-0.2, -0.15) is 10.5 Å². The molecule has 0 saturated carbocycles. The summed E-state index contributed by atoms with van der Waals surface area (Å²) >= 11 is 0. The molecule has 2 fully saturated rings. The van der Waals surface area contributed by atoms with E-state index in [1.807, 2.05) is 36.4 Å². The van der Waals surface area contributed by atoms with Crippen LogP contribution in [0.4, 0.5) is 11.4 Å². The fourth-order valence-electron chi connectivity index (χ4n) is 9.58. The zero-order valence-corrected chi connectivity index (χ0v) is 36.9. The summed E-state index contributed by atoms with van der Waals surface area (Å²) in [5, 5.41) is 21.1. The molecule has 2 saturated heterocycles. The molecule has 17 heteroatoms. The summed E-state index contributed by atoms with van der Waals surface area (Å²) < 4.78 is 25.0. The molecule has 0 radical (unpaired) electrons. The van der Waals surface area contributed by atoms with Crippen molar-refractivity contribution >= 4 is 73.0 Å². The maximum atomic E-state index is 13.9. The third-order valence-corrected chi connectivity index (χ3v) is 13.1. The van der Waals surface area contributed by atoms with E-state index in [1.54, 1.807) is 60.7 Å². The molecule has 0 spiro atoms. The smallest absolute Gasteiger partial charge is 0.309 e. The molecule has 3 aliphatic heterocycles. The van der Waals surface area contributed by atoms with Gasteiger partial charge in [0.25, 0.3) is 11.1 Å². The van der Waals surface area contributed by atoms with Crippen LogP contribution in [0.25, 0.3) is 49.6 Å². The second-order valence-corrected chi connectivity index (χ2v) is 17.0. The minimum atomic E-state index is -0.293. The van der Waals surface area contributed by atoms with Crippen LogP contribution in [-0.4, -0.2) is 102 Å². The van der Waals surface area contributed by atoms with Gasteiger partial charge in [-0.15, -0.1) is 0 Å². The number of nitrogens with zero attached hydrogens (tertiary/aromatic N) is 8. The average Bonchev–Trinajstić information content (AvgIpc) is 3.86. The quantitative estimate of drug-likeness (QED) is 0.116. The van der Waals surface area contributed by atoms with Crippen LogP contribution >= 0.6 is 0 Å². The predicted octanol–water partition coefficient (Wildman–Crippen LogP) is 4.41. The summed E-state index contributed by atoms with van der Waals surface area (Å²) in [6, 6.07) is 29.0. The minimum absolute atomic E-state index is 0.109. The van der Waals surface area contributed by atoms with E-state index in [4.69, 9.17) is 23.9 Å². The fourth-order valence-corrected chi connectivity index (χ4v) is 9.58. The Labute approximate surface area is 387 Å². The van der Waals surface area contributed by atoms with Gasteiger partial charge in [0.15, 0.2) is 11.5 Å². The van der Waals surface area contributed by atoms with E-state index < -0.39 is 0 Å². The molecule has 7 aromatic rings. The highest BCUT2D eigenvalue weighted by Gasteiger charge is 2.32. The first-order valence-electron chi connectivity index (χ1n) is 22.6. The van der Waals surface area contributed by atoms with Gasteiger partial charge >= 0.3 is 11.9 Å². The number of anilines is 2. The Morgan fingerprint density at radius 2 is 1.15 bits per heavy atom.